The summed E-state index contributed by atoms with van der Waals surface area (Å²) in [6.45, 7) is 2.19. The minimum absolute atomic E-state index is 0.204. The number of halogens is 1. The van der Waals surface area contributed by atoms with Crippen molar-refractivity contribution in [2.75, 3.05) is 18.7 Å². The van der Waals surface area contributed by atoms with Crippen LogP contribution in [0.5, 0.6) is 11.5 Å². The fraction of sp³-hybridized carbons (Fsp3) is 0.250. The average Bonchev–Trinajstić information content (AvgIpc) is 2.95. The highest BCUT2D eigenvalue weighted by atomic mass is 19.1. The predicted octanol–water partition coefficient (Wildman–Crippen LogP) is 3.01. The van der Waals surface area contributed by atoms with Crippen molar-refractivity contribution in [2.45, 2.75) is 13.0 Å². The van der Waals surface area contributed by atoms with E-state index in [1.54, 1.807) is 37.3 Å². The van der Waals surface area contributed by atoms with Gasteiger partial charge in [-0.25, -0.2) is 4.39 Å². The third-order valence-electron chi connectivity index (χ3n) is 3.45. The minimum Gasteiger partial charge on any atom is -0.454 e. The summed E-state index contributed by atoms with van der Waals surface area (Å²) in [5.41, 5.74) is 1.95. The molecule has 0 spiro atoms. The fourth-order valence-corrected chi connectivity index (χ4v) is 2.16. The Hall–Kier alpha value is -2.27. The van der Waals surface area contributed by atoms with Crippen molar-refractivity contribution in [3.63, 3.8) is 0 Å². The molecular formula is C16H16FNO3. The van der Waals surface area contributed by atoms with Crippen molar-refractivity contribution < 1.29 is 19.0 Å². The van der Waals surface area contributed by atoms with Gasteiger partial charge in [-0.05, 0) is 42.3 Å². The maximum atomic E-state index is 13.4. The summed E-state index contributed by atoms with van der Waals surface area (Å²) in [5, 5.41) is 13.2. The standard InChI is InChI=1S/C16H16FNO3/c1-10-2-4-12(7-13(10)17)18-8-14(19)11-3-5-15-16(6-11)21-9-20-15/h2-7,14,18-19H,8-9H2,1H3. The summed E-state index contributed by atoms with van der Waals surface area (Å²) in [5.74, 6) is 1.05. The van der Waals surface area contributed by atoms with Crippen molar-refractivity contribution in [1.29, 1.82) is 0 Å². The molecule has 1 heterocycles. The van der Waals surface area contributed by atoms with Crippen LogP contribution in [0.2, 0.25) is 0 Å². The molecule has 1 aliphatic rings. The van der Waals surface area contributed by atoms with Crippen molar-refractivity contribution in [1.82, 2.24) is 0 Å². The van der Waals surface area contributed by atoms with E-state index in [9.17, 15) is 9.50 Å². The highest BCUT2D eigenvalue weighted by molar-refractivity contribution is 5.47. The van der Waals surface area contributed by atoms with Gasteiger partial charge in [0, 0.05) is 12.2 Å². The van der Waals surface area contributed by atoms with Gasteiger partial charge in [0.05, 0.1) is 6.10 Å². The smallest absolute Gasteiger partial charge is 0.231 e. The summed E-state index contributed by atoms with van der Waals surface area (Å²) >= 11 is 0. The first-order chi connectivity index (χ1) is 10.1. The van der Waals surface area contributed by atoms with Crippen LogP contribution in [-0.4, -0.2) is 18.4 Å². The molecule has 5 heteroatoms. The van der Waals surface area contributed by atoms with Crippen LogP contribution in [0.4, 0.5) is 10.1 Å². The number of anilines is 1. The number of nitrogens with one attached hydrogen (secondary N) is 1. The number of hydrogen-bond donors (Lipinski definition) is 2. The maximum absolute atomic E-state index is 13.4. The number of fused-ring (bicyclic) bond motifs is 1. The molecule has 2 N–H and O–H groups in total. The summed E-state index contributed by atoms with van der Waals surface area (Å²) in [7, 11) is 0. The van der Waals surface area contributed by atoms with Crippen molar-refractivity contribution in [3.05, 3.63) is 53.3 Å². The lowest BCUT2D eigenvalue weighted by Crippen LogP contribution is -2.12. The first-order valence-corrected chi connectivity index (χ1v) is 6.71. The van der Waals surface area contributed by atoms with Crippen LogP contribution in [-0.2, 0) is 0 Å². The maximum Gasteiger partial charge on any atom is 0.231 e. The highest BCUT2D eigenvalue weighted by Gasteiger charge is 2.16. The first-order valence-electron chi connectivity index (χ1n) is 6.71. The van der Waals surface area contributed by atoms with Crippen LogP contribution in [0, 0.1) is 12.7 Å². The van der Waals surface area contributed by atoms with Crippen molar-refractivity contribution in [3.8, 4) is 11.5 Å². The molecule has 0 aliphatic carbocycles. The Morgan fingerprint density at radius 2 is 2.00 bits per heavy atom. The molecule has 110 valence electrons. The number of ether oxygens (including phenoxy) is 2. The summed E-state index contributed by atoms with van der Waals surface area (Å²) in [6.07, 6.45) is -0.719. The van der Waals surface area contributed by atoms with E-state index < -0.39 is 6.10 Å². The van der Waals surface area contributed by atoms with Gasteiger partial charge in [-0.2, -0.15) is 0 Å². The molecule has 1 unspecified atom stereocenters. The van der Waals surface area contributed by atoms with E-state index in [1.807, 2.05) is 0 Å². The summed E-state index contributed by atoms with van der Waals surface area (Å²) in [4.78, 5) is 0. The molecule has 1 atom stereocenters. The number of aliphatic hydroxyl groups excluding tert-OH is 1. The molecule has 0 saturated heterocycles. The summed E-state index contributed by atoms with van der Waals surface area (Å²) in [6, 6.07) is 10.2. The van der Waals surface area contributed by atoms with Gasteiger partial charge < -0.3 is 19.9 Å². The number of rotatable bonds is 4. The Labute approximate surface area is 122 Å². The number of benzene rings is 2. The van der Waals surface area contributed by atoms with Gasteiger partial charge >= 0.3 is 0 Å². The molecule has 1 aliphatic heterocycles. The zero-order valence-electron chi connectivity index (χ0n) is 11.6. The Bertz CT molecular complexity index is 660. The second-order valence-electron chi connectivity index (χ2n) is 4.97. The zero-order valence-corrected chi connectivity index (χ0v) is 11.6. The minimum atomic E-state index is -0.719. The molecule has 0 saturated carbocycles. The molecule has 21 heavy (non-hydrogen) atoms. The van der Waals surface area contributed by atoms with E-state index in [0.29, 0.717) is 22.7 Å². The van der Waals surface area contributed by atoms with Crippen LogP contribution in [0.15, 0.2) is 36.4 Å². The van der Waals surface area contributed by atoms with Gasteiger partial charge in [-0.15, -0.1) is 0 Å². The molecule has 0 amide bonds. The van der Waals surface area contributed by atoms with Crippen LogP contribution in [0.25, 0.3) is 0 Å². The molecule has 0 fully saturated rings. The van der Waals surface area contributed by atoms with E-state index in [1.165, 1.54) is 6.07 Å². The van der Waals surface area contributed by atoms with E-state index in [2.05, 4.69) is 5.32 Å². The van der Waals surface area contributed by atoms with Crippen molar-refractivity contribution in [2.24, 2.45) is 0 Å². The largest absolute Gasteiger partial charge is 0.454 e. The van der Waals surface area contributed by atoms with Crippen LogP contribution >= 0.6 is 0 Å². The summed E-state index contributed by atoms with van der Waals surface area (Å²) < 4.78 is 23.9. The fourth-order valence-electron chi connectivity index (χ4n) is 2.16. The molecule has 3 rings (SSSR count). The third-order valence-corrected chi connectivity index (χ3v) is 3.45. The predicted molar refractivity (Wildman–Crippen MR) is 77.2 cm³/mol. The Morgan fingerprint density at radius 3 is 2.81 bits per heavy atom. The molecule has 0 bridgehead atoms. The van der Waals surface area contributed by atoms with Gasteiger partial charge in [-0.1, -0.05) is 12.1 Å². The van der Waals surface area contributed by atoms with Crippen LogP contribution in [0.3, 0.4) is 0 Å². The van der Waals surface area contributed by atoms with E-state index in [-0.39, 0.29) is 19.2 Å². The van der Waals surface area contributed by atoms with Crippen LogP contribution < -0.4 is 14.8 Å². The number of hydrogen-bond acceptors (Lipinski definition) is 4. The monoisotopic (exact) mass is 289 g/mol. The molecule has 2 aromatic carbocycles. The Kier molecular flexibility index (Phi) is 3.66. The second kappa shape index (κ2) is 5.61. The SMILES string of the molecule is Cc1ccc(NCC(O)c2ccc3c(c2)OCO3)cc1F. The van der Waals surface area contributed by atoms with Gasteiger partial charge in [0.15, 0.2) is 11.5 Å². The number of aryl methyl sites for hydroxylation is 1. The van der Waals surface area contributed by atoms with Crippen LogP contribution in [0.1, 0.15) is 17.2 Å². The zero-order chi connectivity index (χ0) is 14.8. The topological polar surface area (TPSA) is 50.7 Å². The number of aliphatic hydroxyl groups is 1. The first kappa shape index (κ1) is 13.7. The van der Waals surface area contributed by atoms with E-state index in [4.69, 9.17) is 9.47 Å². The average molecular weight is 289 g/mol. The third kappa shape index (κ3) is 2.92. The lowest BCUT2D eigenvalue weighted by molar-refractivity contribution is 0.173. The van der Waals surface area contributed by atoms with E-state index in [0.717, 1.165) is 5.56 Å². The van der Waals surface area contributed by atoms with Gasteiger partial charge in [0.25, 0.3) is 0 Å². The lowest BCUT2D eigenvalue weighted by Gasteiger charge is -2.14. The molecule has 0 radical (unpaired) electrons. The van der Waals surface area contributed by atoms with Gasteiger partial charge in [0.1, 0.15) is 5.82 Å². The molecule has 4 nitrogen and oxygen atoms in total. The molecule has 2 aromatic rings. The molecular weight excluding hydrogens is 273 g/mol. The van der Waals surface area contributed by atoms with Gasteiger partial charge in [-0.3, -0.25) is 0 Å². The quantitative estimate of drug-likeness (QED) is 0.908. The normalized spacial score (nSPS) is 14.0. The Balaban J connectivity index is 1.66. The Morgan fingerprint density at radius 1 is 1.19 bits per heavy atom. The van der Waals surface area contributed by atoms with Gasteiger partial charge in [0.2, 0.25) is 6.79 Å². The van der Waals surface area contributed by atoms with E-state index >= 15 is 0 Å². The highest BCUT2D eigenvalue weighted by Crippen LogP contribution is 2.34. The van der Waals surface area contributed by atoms with Crippen molar-refractivity contribution >= 4 is 5.69 Å². The second-order valence-corrected chi connectivity index (χ2v) is 4.97. The lowest BCUT2D eigenvalue weighted by atomic mass is 10.1. The molecule has 0 aromatic heterocycles.